The summed E-state index contributed by atoms with van der Waals surface area (Å²) in [6.45, 7) is 0. The van der Waals surface area contributed by atoms with E-state index >= 15 is 0 Å². The van der Waals surface area contributed by atoms with Gasteiger partial charge >= 0.3 is 0 Å². The summed E-state index contributed by atoms with van der Waals surface area (Å²) >= 11 is 1.96. The van der Waals surface area contributed by atoms with E-state index in [2.05, 4.69) is 23.0 Å². The van der Waals surface area contributed by atoms with Gasteiger partial charge in [-0.2, -0.15) is 11.8 Å². The first-order chi connectivity index (χ1) is 9.76. The molecule has 0 aromatic heterocycles. The standard InChI is InChI=1S/C16H22N2OS/c1-20-13-8-6-12(7-9-13)17-16(19)15-10-11-4-2-3-5-14(11)18-15/h2-5,12-13,15,18H,6-10H2,1H3,(H,17,19)/t12?,13?,15-/m0/s1. The van der Waals surface area contributed by atoms with E-state index in [1.54, 1.807) is 0 Å². The fourth-order valence-electron chi connectivity index (χ4n) is 3.20. The maximum Gasteiger partial charge on any atom is 0.243 e. The molecule has 108 valence electrons. The van der Waals surface area contributed by atoms with Crippen molar-refractivity contribution in [3.63, 3.8) is 0 Å². The van der Waals surface area contributed by atoms with Crippen LogP contribution in [-0.2, 0) is 11.2 Å². The Kier molecular flexibility index (Phi) is 4.20. The molecule has 1 heterocycles. The largest absolute Gasteiger partial charge is 0.373 e. The third-order valence-corrected chi connectivity index (χ3v) is 5.58. The summed E-state index contributed by atoms with van der Waals surface area (Å²) < 4.78 is 0. The van der Waals surface area contributed by atoms with E-state index in [1.807, 2.05) is 30.0 Å². The number of carbonyl (C=O) groups excluding carboxylic acids is 1. The average molecular weight is 290 g/mol. The number of carbonyl (C=O) groups is 1. The summed E-state index contributed by atoms with van der Waals surface area (Å²) in [5, 5.41) is 7.35. The van der Waals surface area contributed by atoms with Gasteiger partial charge in [-0.05, 0) is 43.6 Å². The number of anilines is 1. The van der Waals surface area contributed by atoms with Crippen LogP contribution >= 0.6 is 11.8 Å². The van der Waals surface area contributed by atoms with Gasteiger partial charge in [0.1, 0.15) is 6.04 Å². The number of amides is 1. The van der Waals surface area contributed by atoms with Crippen molar-refractivity contribution < 1.29 is 4.79 Å². The highest BCUT2D eigenvalue weighted by Gasteiger charge is 2.29. The lowest BCUT2D eigenvalue weighted by Gasteiger charge is -2.28. The molecule has 20 heavy (non-hydrogen) atoms. The molecule has 2 aliphatic rings. The molecule has 1 aromatic rings. The smallest absolute Gasteiger partial charge is 0.243 e. The first-order valence-corrected chi connectivity index (χ1v) is 8.72. The van der Waals surface area contributed by atoms with Gasteiger partial charge in [-0.1, -0.05) is 18.2 Å². The maximum absolute atomic E-state index is 12.4. The number of fused-ring (bicyclic) bond motifs is 1. The molecule has 1 aliphatic carbocycles. The molecule has 2 N–H and O–H groups in total. The molecule has 4 heteroatoms. The van der Waals surface area contributed by atoms with Crippen molar-refractivity contribution >= 4 is 23.4 Å². The van der Waals surface area contributed by atoms with E-state index in [0.29, 0.717) is 6.04 Å². The summed E-state index contributed by atoms with van der Waals surface area (Å²) in [6.07, 6.45) is 7.69. The van der Waals surface area contributed by atoms with Gasteiger partial charge in [0.05, 0.1) is 0 Å². The number of rotatable bonds is 3. The summed E-state index contributed by atoms with van der Waals surface area (Å²) in [5.74, 6) is 0.161. The Labute approximate surface area is 124 Å². The summed E-state index contributed by atoms with van der Waals surface area (Å²) in [5.41, 5.74) is 2.36. The average Bonchev–Trinajstić information content (AvgIpc) is 2.92. The second kappa shape index (κ2) is 6.08. The molecule has 1 saturated carbocycles. The van der Waals surface area contributed by atoms with Gasteiger partial charge in [-0.3, -0.25) is 4.79 Å². The van der Waals surface area contributed by atoms with Crippen molar-refractivity contribution in [1.82, 2.24) is 5.32 Å². The number of benzene rings is 1. The molecule has 1 aliphatic heterocycles. The Morgan fingerprint density at radius 3 is 2.70 bits per heavy atom. The lowest BCUT2D eigenvalue weighted by Crippen LogP contribution is -2.45. The Morgan fingerprint density at radius 2 is 2.00 bits per heavy atom. The lowest BCUT2D eigenvalue weighted by molar-refractivity contribution is -0.122. The fraction of sp³-hybridized carbons (Fsp3) is 0.562. The molecule has 1 amide bonds. The Balaban J connectivity index is 1.52. The molecule has 3 rings (SSSR count). The van der Waals surface area contributed by atoms with E-state index in [0.717, 1.165) is 30.2 Å². The van der Waals surface area contributed by atoms with E-state index < -0.39 is 0 Å². The fourth-order valence-corrected chi connectivity index (χ4v) is 3.94. The predicted molar refractivity (Wildman–Crippen MR) is 85.3 cm³/mol. The molecule has 0 radical (unpaired) electrons. The van der Waals surface area contributed by atoms with Gasteiger partial charge in [0.15, 0.2) is 0 Å². The maximum atomic E-state index is 12.4. The minimum absolute atomic E-state index is 0.0920. The van der Waals surface area contributed by atoms with Crippen LogP contribution < -0.4 is 10.6 Å². The zero-order valence-electron chi connectivity index (χ0n) is 11.9. The monoisotopic (exact) mass is 290 g/mol. The third kappa shape index (κ3) is 2.95. The molecule has 0 bridgehead atoms. The van der Waals surface area contributed by atoms with E-state index in [4.69, 9.17) is 0 Å². The minimum Gasteiger partial charge on any atom is -0.373 e. The zero-order valence-corrected chi connectivity index (χ0v) is 12.7. The highest BCUT2D eigenvalue weighted by molar-refractivity contribution is 7.99. The van der Waals surface area contributed by atoms with Crippen LogP contribution in [0.25, 0.3) is 0 Å². The molecule has 0 spiro atoms. The van der Waals surface area contributed by atoms with Gasteiger partial charge in [0.25, 0.3) is 0 Å². The molecule has 1 aromatic carbocycles. The van der Waals surface area contributed by atoms with Crippen molar-refractivity contribution in [2.24, 2.45) is 0 Å². The molecular formula is C16H22N2OS. The highest BCUT2D eigenvalue weighted by atomic mass is 32.2. The SMILES string of the molecule is CSC1CCC(NC(=O)[C@@H]2Cc3ccccc3N2)CC1. The number of para-hydroxylation sites is 1. The van der Waals surface area contributed by atoms with Crippen LogP contribution in [0.4, 0.5) is 5.69 Å². The van der Waals surface area contributed by atoms with Crippen LogP contribution in [0.2, 0.25) is 0 Å². The van der Waals surface area contributed by atoms with Crippen LogP contribution in [-0.4, -0.2) is 29.5 Å². The molecule has 0 saturated heterocycles. The second-order valence-corrected chi connectivity index (χ2v) is 6.91. The molecule has 1 atom stereocenters. The quantitative estimate of drug-likeness (QED) is 0.899. The lowest BCUT2D eigenvalue weighted by atomic mass is 9.94. The van der Waals surface area contributed by atoms with Crippen LogP contribution in [0, 0.1) is 0 Å². The normalized spacial score (nSPS) is 28.6. The first kappa shape index (κ1) is 13.8. The van der Waals surface area contributed by atoms with Gasteiger partial charge in [0, 0.05) is 23.4 Å². The molecule has 1 fully saturated rings. The molecular weight excluding hydrogens is 268 g/mol. The van der Waals surface area contributed by atoms with Crippen LogP contribution in [0.3, 0.4) is 0 Å². The number of hydrogen-bond acceptors (Lipinski definition) is 3. The van der Waals surface area contributed by atoms with Crippen molar-refractivity contribution in [3.8, 4) is 0 Å². The predicted octanol–water partition coefficient (Wildman–Crippen LogP) is 2.81. The third-order valence-electron chi connectivity index (χ3n) is 4.44. The molecule has 3 nitrogen and oxygen atoms in total. The topological polar surface area (TPSA) is 41.1 Å². The minimum atomic E-state index is -0.0920. The Morgan fingerprint density at radius 1 is 1.25 bits per heavy atom. The van der Waals surface area contributed by atoms with Gasteiger partial charge < -0.3 is 10.6 Å². The van der Waals surface area contributed by atoms with E-state index in [9.17, 15) is 4.79 Å². The number of nitrogens with one attached hydrogen (secondary N) is 2. The summed E-state index contributed by atoms with van der Waals surface area (Å²) in [7, 11) is 0. The Hall–Kier alpha value is -1.16. The van der Waals surface area contributed by atoms with Crippen LogP contribution in [0.1, 0.15) is 31.2 Å². The van der Waals surface area contributed by atoms with Gasteiger partial charge in [-0.15, -0.1) is 0 Å². The summed E-state index contributed by atoms with van der Waals surface area (Å²) in [4.78, 5) is 12.4. The Bertz CT molecular complexity index is 458. The van der Waals surface area contributed by atoms with Crippen molar-refractivity contribution in [2.75, 3.05) is 11.6 Å². The van der Waals surface area contributed by atoms with Gasteiger partial charge in [0.2, 0.25) is 5.91 Å². The van der Waals surface area contributed by atoms with Crippen molar-refractivity contribution in [3.05, 3.63) is 29.8 Å². The first-order valence-electron chi connectivity index (χ1n) is 7.44. The van der Waals surface area contributed by atoms with Crippen molar-refractivity contribution in [1.29, 1.82) is 0 Å². The summed E-state index contributed by atoms with van der Waals surface area (Å²) in [6, 6.07) is 8.47. The van der Waals surface area contributed by atoms with E-state index in [1.165, 1.54) is 18.4 Å². The number of thioether (sulfide) groups is 1. The molecule has 0 unspecified atom stereocenters. The second-order valence-electron chi connectivity index (χ2n) is 5.78. The zero-order chi connectivity index (χ0) is 13.9. The van der Waals surface area contributed by atoms with Gasteiger partial charge in [-0.25, -0.2) is 0 Å². The number of hydrogen-bond donors (Lipinski definition) is 2. The van der Waals surface area contributed by atoms with E-state index in [-0.39, 0.29) is 11.9 Å². The van der Waals surface area contributed by atoms with Crippen LogP contribution in [0.15, 0.2) is 24.3 Å². The van der Waals surface area contributed by atoms with Crippen molar-refractivity contribution in [2.45, 2.75) is 49.4 Å². The van der Waals surface area contributed by atoms with Crippen LogP contribution in [0.5, 0.6) is 0 Å². The highest BCUT2D eigenvalue weighted by Crippen LogP contribution is 2.28.